The van der Waals surface area contributed by atoms with Crippen LogP contribution in [0.25, 0.3) is 0 Å². The molecule has 0 spiro atoms. The van der Waals surface area contributed by atoms with Gasteiger partial charge in [-0.15, -0.1) is 0 Å². The summed E-state index contributed by atoms with van der Waals surface area (Å²) in [7, 11) is 1.45. The maximum absolute atomic E-state index is 13.5. The van der Waals surface area contributed by atoms with E-state index in [0.29, 0.717) is 25.3 Å². The van der Waals surface area contributed by atoms with Crippen LogP contribution in [0.4, 0.5) is 4.39 Å². The predicted octanol–water partition coefficient (Wildman–Crippen LogP) is 2.27. The van der Waals surface area contributed by atoms with E-state index < -0.39 is 0 Å². The van der Waals surface area contributed by atoms with Gasteiger partial charge in [-0.2, -0.15) is 0 Å². The summed E-state index contributed by atoms with van der Waals surface area (Å²) < 4.78 is 18.4. The maximum Gasteiger partial charge on any atom is 0.220 e. The lowest BCUT2D eigenvalue weighted by Crippen LogP contribution is -2.30. The van der Waals surface area contributed by atoms with Crippen LogP contribution in [0.1, 0.15) is 31.2 Å². The third kappa shape index (κ3) is 5.30. The number of hydrogen-bond donors (Lipinski definition) is 2. The van der Waals surface area contributed by atoms with Crippen LogP contribution in [0, 0.1) is 11.7 Å². The molecule has 1 amide bonds. The highest BCUT2D eigenvalue weighted by Crippen LogP contribution is 2.18. The van der Waals surface area contributed by atoms with Crippen molar-refractivity contribution in [1.29, 1.82) is 0 Å². The van der Waals surface area contributed by atoms with E-state index in [-0.39, 0.29) is 17.5 Å². The van der Waals surface area contributed by atoms with Crippen LogP contribution in [-0.2, 0) is 11.2 Å². The molecule has 22 heavy (non-hydrogen) atoms. The number of carbonyl (C=O) groups is 1. The molecular weight excluding hydrogens is 283 g/mol. The van der Waals surface area contributed by atoms with Crippen LogP contribution in [0.5, 0.6) is 5.75 Å². The number of nitrogens with one attached hydrogen (secondary N) is 2. The van der Waals surface area contributed by atoms with Crippen molar-refractivity contribution in [1.82, 2.24) is 10.6 Å². The number of amides is 1. The quantitative estimate of drug-likeness (QED) is 0.812. The van der Waals surface area contributed by atoms with Gasteiger partial charge < -0.3 is 15.4 Å². The zero-order valence-electron chi connectivity index (χ0n) is 13.2. The summed E-state index contributed by atoms with van der Waals surface area (Å²) in [6.45, 7) is 2.67. The molecule has 122 valence electrons. The molecule has 0 saturated carbocycles. The highest BCUT2D eigenvalue weighted by Gasteiger charge is 2.14. The highest BCUT2D eigenvalue weighted by atomic mass is 19.1. The number of carbonyl (C=O) groups excluding carboxylic acids is 1. The number of halogens is 1. The second kappa shape index (κ2) is 8.73. The van der Waals surface area contributed by atoms with Crippen molar-refractivity contribution in [3.8, 4) is 5.75 Å². The number of rotatable bonds is 7. The van der Waals surface area contributed by atoms with Crippen molar-refractivity contribution >= 4 is 5.91 Å². The second-order valence-electron chi connectivity index (χ2n) is 5.80. The molecule has 1 fully saturated rings. The van der Waals surface area contributed by atoms with Crippen LogP contribution < -0.4 is 15.4 Å². The number of piperidine rings is 1. The van der Waals surface area contributed by atoms with Gasteiger partial charge in [0.25, 0.3) is 0 Å². The Bertz CT molecular complexity index is 488. The predicted molar refractivity (Wildman–Crippen MR) is 84.5 cm³/mol. The van der Waals surface area contributed by atoms with Crippen molar-refractivity contribution in [3.05, 3.63) is 29.6 Å². The normalized spacial score (nSPS) is 15.5. The van der Waals surface area contributed by atoms with Crippen molar-refractivity contribution in [3.63, 3.8) is 0 Å². The minimum absolute atomic E-state index is 0.0903. The largest absolute Gasteiger partial charge is 0.494 e. The summed E-state index contributed by atoms with van der Waals surface area (Å²) in [4.78, 5) is 11.8. The van der Waals surface area contributed by atoms with Gasteiger partial charge in [0.2, 0.25) is 5.91 Å². The molecule has 5 heteroatoms. The average molecular weight is 308 g/mol. The Hall–Kier alpha value is -1.62. The van der Waals surface area contributed by atoms with Gasteiger partial charge in [-0.05, 0) is 62.4 Å². The van der Waals surface area contributed by atoms with Gasteiger partial charge in [0.05, 0.1) is 7.11 Å². The van der Waals surface area contributed by atoms with E-state index in [9.17, 15) is 9.18 Å². The van der Waals surface area contributed by atoms with Gasteiger partial charge in [-0.3, -0.25) is 4.79 Å². The minimum Gasteiger partial charge on any atom is -0.494 e. The van der Waals surface area contributed by atoms with Crippen LogP contribution in [0.2, 0.25) is 0 Å². The number of methoxy groups -OCH3 is 1. The molecule has 4 nitrogen and oxygen atoms in total. The van der Waals surface area contributed by atoms with Crippen molar-refractivity contribution in [2.45, 2.75) is 32.1 Å². The SMILES string of the molecule is COc1ccc(CCNC(=O)CCC2CCNCC2)cc1F. The molecule has 1 saturated heterocycles. The Morgan fingerprint density at radius 2 is 2.18 bits per heavy atom. The Kier molecular flexibility index (Phi) is 6.65. The monoisotopic (exact) mass is 308 g/mol. The van der Waals surface area contributed by atoms with Gasteiger partial charge >= 0.3 is 0 Å². The highest BCUT2D eigenvalue weighted by molar-refractivity contribution is 5.75. The molecule has 0 bridgehead atoms. The fourth-order valence-corrected chi connectivity index (χ4v) is 2.81. The van der Waals surface area contributed by atoms with Crippen molar-refractivity contribution < 1.29 is 13.9 Å². The van der Waals surface area contributed by atoms with Crippen LogP contribution in [0.15, 0.2) is 18.2 Å². The molecule has 1 aromatic carbocycles. The minimum atomic E-state index is -0.364. The Balaban J connectivity index is 1.65. The Labute approximate surface area is 131 Å². The molecule has 1 aromatic rings. The Morgan fingerprint density at radius 1 is 1.41 bits per heavy atom. The van der Waals surface area contributed by atoms with Gasteiger partial charge in [0, 0.05) is 13.0 Å². The fraction of sp³-hybridized carbons (Fsp3) is 0.588. The van der Waals surface area contributed by atoms with Gasteiger partial charge in [-0.25, -0.2) is 4.39 Å². The first-order valence-corrected chi connectivity index (χ1v) is 7.99. The topological polar surface area (TPSA) is 50.4 Å². The third-order valence-electron chi connectivity index (χ3n) is 4.19. The zero-order chi connectivity index (χ0) is 15.8. The van der Waals surface area contributed by atoms with Crippen molar-refractivity contribution in [2.75, 3.05) is 26.7 Å². The van der Waals surface area contributed by atoms with E-state index in [2.05, 4.69) is 10.6 Å². The molecule has 1 heterocycles. The van der Waals surface area contributed by atoms with Gasteiger partial charge in [-0.1, -0.05) is 6.07 Å². The first-order chi connectivity index (χ1) is 10.7. The first-order valence-electron chi connectivity index (χ1n) is 7.99. The number of benzene rings is 1. The summed E-state index contributed by atoms with van der Waals surface area (Å²) in [5.41, 5.74) is 0.858. The lowest BCUT2D eigenvalue weighted by atomic mass is 9.93. The standard InChI is InChI=1S/C17H25FN2O2/c1-22-16-4-2-14(12-15(16)18)8-11-20-17(21)5-3-13-6-9-19-10-7-13/h2,4,12-13,19H,3,5-11H2,1H3,(H,20,21). The maximum atomic E-state index is 13.5. The molecule has 0 radical (unpaired) electrons. The van der Waals surface area contributed by atoms with Crippen LogP contribution in [0.3, 0.4) is 0 Å². The molecule has 0 aliphatic carbocycles. The molecule has 0 unspecified atom stereocenters. The zero-order valence-corrected chi connectivity index (χ0v) is 13.2. The van der Waals surface area contributed by atoms with E-state index in [4.69, 9.17) is 4.74 Å². The van der Waals surface area contributed by atoms with Crippen molar-refractivity contribution in [2.24, 2.45) is 5.92 Å². The third-order valence-corrected chi connectivity index (χ3v) is 4.19. The van der Waals surface area contributed by atoms with Crippen LogP contribution >= 0.6 is 0 Å². The van der Waals surface area contributed by atoms with Crippen LogP contribution in [-0.4, -0.2) is 32.7 Å². The summed E-state index contributed by atoms with van der Waals surface area (Å²) >= 11 is 0. The van der Waals surface area contributed by atoms with E-state index in [1.807, 2.05) is 6.07 Å². The molecule has 2 rings (SSSR count). The van der Waals surface area contributed by atoms with E-state index in [1.54, 1.807) is 6.07 Å². The molecule has 2 N–H and O–H groups in total. The Morgan fingerprint density at radius 3 is 2.86 bits per heavy atom. The smallest absolute Gasteiger partial charge is 0.220 e. The molecular formula is C17H25FN2O2. The molecule has 0 atom stereocenters. The summed E-state index contributed by atoms with van der Waals surface area (Å²) in [6, 6.07) is 4.90. The second-order valence-corrected chi connectivity index (χ2v) is 5.80. The summed E-state index contributed by atoms with van der Waals surface area (Å²) in [5.74, 6) is 0.641. The molecule has 1 aliphatic rings. The lowest BCUT2D eigenvalue weighted by molar-refractivity contribution is -0.121. The molecule has 0 aromatic heterocycles. The van der Waals surface area contributed by atoms with Gasteiger partial charge in [0.1, 0.15) is 0 Å². The number of ether oxygens (including phenoxy) is 1. The van der Waals surface area contributed by atoms with E-state index >= 15 is 0 Å². The fourth-order valence-electron chi connectivity index (χ4n) is 2.81. The lowest BCUT2D eigenvalue weighted by Gasteiger charge is -2.22. The number of hydrogen-bond acceptors (Lipinski definition) is 3. The molecule has 1 aliphatic heterocycles. The summed E-state index contributed by atoms with van der Waals surface area (Å²) in [5, 5.41) is 6.24. The first kappa shape index (κ1) is 16.7. The van der Waals surface area contributed by atoms with E-state index in [0.717, 1.165) is 25.1 Å². The van der Waals surface area contributed by atoms with E-state index in [1.165, 1.54) is 26.0 Å². The van der Waals surface area contributed by atoms with Gasteiger partial charge in [0.15, 0.2) is 11.6 Å². The summed E-state index contributed by atoms with van der Waals surface area (Å²) in [6.07, 6.45) is 4.50. The average Bonchev–Trinajstić information content (AvgIpc) is 2.54.